The van der Waals surface area contributed by atoms with Gasteiger partial charge in [0.1, 0.15) is 11.5 Å². The summed E-state index contributed by atoms with van der Waals surface area (Å²) in [4.78, 5) is 13.9. The predicted molar refractivity (Wildman–Crippen MR) is 74.5 cm³/mol. The molecule has 0 saturated heterocycles. The van der Waals surface area contributed by atoms with Gasteiger partial charge in [0.25, 0.3) is 5.91 Å². The first-order chi connectivity index (χ1) is 9.10. The van der Waals surface area contributed by atoms with Gasteiger partial charge in [0.2, 0.25) is 0 Å². The summed E-state index contributed by atoms with van der Waals surface area (Å²) in [7, 11) is 0. The number of aromatic hydroxyl groups is 2. The third-order valence-corrected chi connectivity index (χ3v) is 3.28. The Morgan fingerprint density at radius 2 is 1.68 bits per heavy atom. The Kier molecular flexibility index (Phi) is 3.60. The molecule has 19 heavy (non-hydrogen) atoms. The molecule has 0 bridgehead atoms. The van der Waals surface area contributed by atoms with E-state index in [2.05, 4.69) is 0 Å². The van der Waals surface area contributed by atoms with Gasteiger partial charge in [-0.3, -0.25) is 4.79 Å². The minimum absolute atomic E-state index is 0.00362. The second-order valence-corrected chi connectivity index (χ2v) is 4.31. The van der Waals surface area contributed by atoms with Crippen LogP contribution in [0.1, 0.15) is 24.2 Å². The quantitative estimate of drug-likeness (QED) is 0.833. The Labute approximate surface area is 111 Å². The fourth-order valence-corrected chi connectivity index (χ4v) is 2.19. The van der Waals surface area contributed by atoms with Crippen LogP contribution in [0.4, 0.5) is 0 Å². The van der Waals surface area contributed by atoms with Gasteiger partial charge in [0, 0.05) is 23.9 Å². The molecule has 4 heteroatoms. The molecular formula is C15H17NO3. The summed E-state index contributed by atoms with van der Waals surface area (Å²) in [5.74, 6) is -0.349. The van der Waals surface area contributed by atoms with Gasteiger partial charge in [-0.15, -0.1) is 0 Å². The Morgan fingerprint density at radius 3 is 2.26 bits per heavy atom. The number of hydrogen-bond donors (Lipinski definition) is 2. The number of carbonyl (C=O) groups is 1. The molecule has 0 fully saturated rings. The summed E-state index contributed by atoms with van der Waals surface area (Å²) in [6, 6.07) is 8.25. The van der Waals surface area contributed by atoms with Crippen LogP contribution in [-0.2, 0) is 0 Å². The molecule has 2 aromatic carbocycles. The van der Waals surface area contributed by atoms with Gasteiger partial charge < -0.3 is 15.1 Å². The first-order valence-corrected chi connectivity index (χ1v) is 6.33. The fraction of sp³-hybridized carbons (Fsp3) is 0.267. The van der Waals surface area contributed by atoms with Crippen molar-refractivity contribution in [3.05, 3.63) is 35.9 Å². The van der Waals surface area contributed by atoms with Crippen LogP contribution in [0.25, 0.3) is 10.8 Å². The van der Waals surface area contributed by atoms with Gasteiger partial charge in [-0.2, -0.15) is 0 Å². The lowest BCUT2D eigenvalue weighted by molar-refractivity contribution is 0.0770. The normalized spacial score (nSPS) is 10.6. The molecule has 0 aromatic heterocycles. The van der Waals surface area contributed by atoms with E-state index in [0.717, 1.165) is 0 Å². The van der Waals surface area contributed by atoms with Gasteiger partial charge in [-0.25, -0.2) is 0 Å². The molecule has 2 aromatic rings. The Bertz CT molecular complexity index is 618. The summed E-state index contributed by atoms with van der Waals surface area (Å²) >= 11 is 0. The first kappa shape index (κ1) is 13.2. The molecule has 0 radical (unpaired) electrons. The molecule has 4 nitrogen and oxygen atoms in total. The molecule has 0 aliphatic carbocycles. The van der Waals surface area contributed by atoms with E-state index in [1.807, 2.05) is 13.8 Å². The average Bonchev–Trinajstić information content (AvgIpc) is 2.44. The van der Waals surface area contributed by atoms with E-state index >= 15 is 0 Å². The van der Waals surface area contributed by atoms with E-state index in [4.69, 9.17) is 0 Å². The largest absolute Gasteiger partial charge is 0.507 e. The van der Waals surface area contributed by atoms with Crippen LogP contribution >= 0.6 is 0 Å². The molecule has 0 aliphatic rings. The maximum absolute atomic E-state index is 12.3. The topological polar surface area (TPSA) is 60.8 Å². The zero-order valence-electron chi connectivity index (χ0n) is 11.1. The van der Waals surface area contributed by atoms with E-state index < -0.39 is 0 Å². The van der Waals surface area contributed by atoms with E-state index in [0.29, 0.717) is 23.9 Å². The zero-order valence-corrected chi connectivity index (χ0v) is 11.1. The predicted octanol–water partition coefficient (Wildman–Crippen LogP) is 2.73. The second kappa shape index (κ2) is 5.18. The lowest BCUT2D eigenvalue weighted by Gasteiger charge is -2.20. The smallest absolute Gasteiger partial charge is 0.257 e. The Morgan fingerprint density at radius 1 is 1.11 bits per heavy atom. The zero-order chi connectivity index (χ0) is 14.0. The molecular weight excluding hydrogens is 242 g/mol. The van der Waals surface area contributed by atoms with Crippen molar-refractivity contribution in [2.45, 2.75) is 13.8 Å². The molecule has 100 valence electrons. The van der Waals surface area contributed by atoms with Crippen LogP contribution < -0.4 is 0 Å². The van der Waals surface area contributed by atoms with Crippen LogP contribution in [0.2, 0.25) is 0 Å². The minimum atomic E-state index is -0.274. The highest BCUT2D eigenvalue weighted by Gasteiger charge is 2.20. The first-order valence-electron chi connectivity index (χ1n) is 6.33. The van der Waals surface area contributed by atoms with Crippen molar-refractivity contribution in [1.29, 1.82) is 0 Å². The lowest BCUT2D eigenvalue weighted by Crippen LogP contribution is -2.30. The number of hydrogen-bond acceptors (Lipinski definition) is 3. The summed E-state index contributed by atoms with van der Waals surface area (Å²) in [6.07, 6.45) is 0. The van der Waals surface area contributed by atoms with E-state index in [-0.39, 0.29) is 23.0 Å². The number of benzene rings is 2. The summed E-state index contributed by atoms with van der Waals surface area (Å²) < 4.78 is 0. The van der Waals surface area contributed by atoms with Crippen molar-refractivity contribution in [3.8, 4) is 11.5 Å². The number of phenolic OH excluding ortho intramolecular Hbond substituents is 2. The van der Waals surface area contributed by atoms with E-state index in [1.165, 1.54) is 6.07 Å². The van der Waals surface area contributed by atoms with Gasteiger partial charge in [0.05, 0.1) is 5.56 Å². The van der Waals surface area contributed by atoms with Crippen LogP contribution in [0.3, 0.4) is 0 Å². The summed E-state index contributed by atoms with van der Waals surface area (Å²) in [5, 5.41) is 21.2. The number of rotatable bonds is 3. The molecule has 0 unspecified atom stereocenters. The van der Waals surface area contributed by atoms with Crippen molar-refractivity contribution >= 4 is 16.7 Å². The fourth-order valence-electron chi connectivity index (χ4n) is 2.19. The number of phenols is 2. The number of carbonyl (C=O) groups excluding carboxylic acids is 1. The van der Waals surface area contributed by atoms with Crippen LogP contribution in [0.15, 0.2) is 30.3 Å². The maximum atomic E-state index is 12.3. The molecule has 0 spiro atoms. The molecule has 0 saturated carbocycles. The van der Waals surface area contributed by atoms with Crippen LogP contribution in [0, 0.1) is 0 Å². The molecule has 2 rings (SSSR count). The van der Waals surface area contributed by atoms with Crippen molar-refractivity contribution in [3.63, 3.8) is 0 Å². The molecule has 0 atom stereocenters. The third kappa shape index (κ3) is 2.21. The van der Waals surface area contributed by atoms with Gasteiger partial charge in [0.15, 0.2) is 0 Å². The average molecular weight is 259 g/mol. The van der Waals surface area contributed by atoms with Gasteiger partial charge in [-0.1, -0.05) is 24.3 Å². The summed E-state index contributed by atoms with van der Waals surface area (Å²) in [5.41, 5.74) is 0.139. The third-order valence-electron chi connectivity index (χ3n) is 3.28. The number of nitrogens with zero attached hydrogens (tertiary/aromatic N) is 1. The van der Waals surface area contributed by atoms with Crippen molar-refractivity contribution in [1.82, 2.24) is 4.90 Å². The number of amides is 1. The number of fused-ring (bicyclic) bond motifs is 1. The molecule has 1 amide bonds. The van der Waals surface area contributed by atoms with Crippen LogP contribution in [0.5, 0.6) is 11.5 Å². The lowest BCUT2D eigenvalue weighted by atomic mass is 10.0. The monoisotopic (exact) mass is 259 g/mol. The molecule has 0 heterocycles. The van der Waals surface area contributed by atoms with Gasteiger partial charge in [-0.05, 0) is 19.9 Å². The Hall–Kier alpha value is -2.23. The highest BCUT2D eigenvalue weighted by Crippen LogP contribution is 2.35. The highest BCUT2D eigenvalue weighted by atomic mass is 16.3. The van der Waals surface area contributed by atoms with Crippen molar-refractivity contribution in [2.24, 2.45) is 0 Å². The van der Waals surface area contributed by atoms with Gasteiger partial charge >= 0.3 is 0 Å². The van der Waals surface area contributed by atoms with E-state index in [1.54, 1.807) is 29.2 Å². The van der Waals surface area contributed by atoms with E-state index in [9.17, 15) is 15.0 Å². The Balaban J connectivity index is 2.62. The second-order valence-electron chi connectivity index (χ2n) is 4.31. The maximum Gasteiger partial charge on any atom is 0.257 e. The standard InChI is InChI=1S/C15H17NO3/c1-3-16(4-2)15(19)12-9-13(17)10-7-5-6-8-11(10)14(12)18/h5-9,17-18H,3-4H2,1-2H3. The SMILES string of the molecule is CCN(CC)C(=O)c1cc(O)c2ccccc2c1O. The van der Waals surface area contributed by atoms with Crippen molar-refractivity contribution < 1.29 is 15.0 Å². The molecule has 0 aliphatic heterocycles. The summed E-state index contributed by atoms with van der Waals surface area (Å²) in [6.45, 7) is 4.86. The molecule has 2 N–H and O–H groups in total. The van der Waals surface area contributed by atoms with Crippen LogP contribution in [-0.4, -0.2) is 34.1 Å². The highest BCUT2D eigenvalue weighted by molar-refractivity contribution is 6.05. The van der Waals surface area contributed by atoms with Crippen molar-refractivity contribution in [2.75, 3.05) is 13.1 Å². The minimum Gasteiger partial charge on any atom is -0.507 e.